The van der Waals surface area contributed by atoms with Crippen LogP contribution in [0.25, 0.3) is 5.32 Å². The molecule has 1 atom stereocenters. The monoisotopic (exact) mass is 190 g/mol. The molecule has 0 aromatic heterocycles. The predicted molar refractivity (Wildman–Crippen MR) is 54.5 cm³/mol. The van der Waals surface area contributed by atoms with Gasteiger partial charge in [0.05, 0.1) is 19.8 Å². The molecule has 1 aliphatic heterocycles. The Morgan fingerprint density at radius 3 is 2.21 bits per heavy atom. The summed E-state index contributed by atoms with van der Waals surface area (Å²) in [6.45, 7) is 4.54. The highest BCUT2D eigenvalue weighted by molar-refractivity contribution is 5.12. The van der Waals surface area contributed by atoms with E-state index in [9.17, 15) is 0 Å². The Hall–Kier alpha value is -1.78. The maximum atomic E-state index is 7.43. The molecule has 1 heterocycles. The zero-order valence-corrected chi connectivity index (χ0v) is 8.51. The van der Waals surface area contributed by atoms with Crippen LogP contribution in [0.3, 0.4) is 0 Å². The van der Waals surface area contributed by atoms with Gasteiger partial charge in [-0.2, -0.15) is 0 Å². The Labute approximate surface area is 84.9 Å². The van der Waals surface area contributed by atoms with Gasteiger partial charge in [-0.1, -0.05) is 6.08 Å². The summed E-state index contributed by atoms with van der Waals surface area (Å²) in [6.07, 6.45) is 11.2. The quantitative estimate of drug-likeness (QED) is 0.468. The van der Waals surface area contributed by atoms with E-state index < -0.39 is 0 Å². The summed E-state index contributed by atoms with van der Waals surface area (Å²) in [5.41, 5.74) is 0. The van der Waals surface area contributed by atoms with Gasteiger partial charge in [0.25, 0.3) is 0 Å². The molecule has 14 heavy (non-hydrogen) atoms. The van der Waals surface area contributed by atoms with Crippen LogP contribution < -0.4 is 0 Å². The number of hydrogen-bond acceptors (Lipinski definition) is 2. The largest absolute Gasteiger partial charge is 0.385 e. The molecule has 0 aromatic rings. The second-order valence-corrected chi connectivity index (χ2v) is 3.06. The van der Waals surface area contributed by atoms with E-state index in [-0.39, 0.29) is 0 Å². The number of hydrogen-bond donors (Lipinski definition) is 0. The summed E-state index contributed by atoms with van der Waals surface area (Å²) in [7, 11) is 2.24. The maximum absolute atomic E-state index is 7.43. The molecule has 4 nitrogen and oxygen atoms in total. The van der Waals surface area contributed by atoms with Gasteiger partial charge in [-0.15, -0.1) is 0 Å². The molecule has 0 saturated heterocycles. The Kier molecular flexibility index (Phi) is 5.85. The molecule has 0 aromatic carbocycles. The molecule has 0 N–H and O–H groups in total. The molecule has 4 heteroatoms. The summed E-state index contributed by atoms with van der Waals surface area (Å²) in [6, 6.07) is 0. The highest BCUT2D eigenvalue weighted by Gasteiger charge is 2.13. The van der Waals surface area contributed by atoms with Crippen molar-refractivity contribution in [3.8, 4) is 12.4 Å². The topological polar surface area (TPSA) is 61.7 Å². The fourth-order valence-electron chi connectivity index (χ4n) is 0.955. The van der Waals surface area contributed by atoms with E-state index in [4.69, 9.17) is 10.5 Å². The third-order valence-electron chi connectivity index (χ3n) is 2.04. The lowest BCUT2D eigenvalue weighted by molar-refractivity contribution is -0.852. The van der Waals surface area contributed by atoms with Crippen molar-refractivity contribution in [3.63, 3.8) is 0 Å². The number of nitriles is 2. The molecule has 0 fully saturated rings. The van der Waals surface area contributed by atoms with Gasteiger partial charge in [-0.3, -0.25) is 9.80 Å². The van der Waals surface area contributed by atoms with Crippen molar-refractivity contribution in [2.24, 2.45) is 0 Å². The van der Waals surface area contributed by atoms with Gasteiger partial charge in [0.15, 0.2) is 0 Å². The average Bonchev–Trinajstić information content (AvgIpc) is 2.21. The van der Waals surface area contributed by atoms with Gasteiger partial charge >= 0.3 is 0 Å². The standard InChI is InChI=1S/C8H14N.C2N3/c1-3-9(2)7-5-4-6-8-9;3-1-5-2-4/h4-7H,3,8H2,1-2H3;/q+1;-1. The van der Waals surface area contributed by atoms with Crippen LogP contribution >= 0.6 is 0 Å². The molecule has 0 radical (unpaired) electrons. The number of quaternary nitrogens is 1. The second kappa shape index (κ2) is 6.71. The van der Waals surface area contributed by atoms with Crippen molar-refractivity contribution in [3.05, 3.63) is 29.7 Å². The Balaban J connectivity index is 0.000000292. The van der Waals surface area contributed by atoms with Crippen molar-refractivity contribution in [2.45, 2.75) is 6.92 Å². The summed E-state index contributed by atoms with van der Waals surface area (Å²) in [4.78, 5) is 0. The number of rotatable bonds is 1. The van der Waals surface area contributed by atoms with E-state index >= 15 is 0 Å². The minimum absolute atomic E-state index is 1.05. The third kappa shape index (κ3) is 4.97. The second-order valence-electron chi connectivity index (χ2n) is 3.06. The minimum atomic E-state index is 1.05. The van der Waals surface area contributed by atoms with Gasteiger partial charge < -0.3 is 10.5 Å². The maximum Gasteiger partial charge on any atom is 0.102 e. The van der Waals surface area contributed by atoms with E-state index in [1.165, 1.54) is 18.9 Å². The Morgan fingerprint density at radius 2 is 2.00 bits per heavy atom. The van der Waals surface area contributed by atoms with Crippen LogP contribution in [0.1, 0.15) is 6.92 Å². The van der Waals surface area contributed by atoms with E-state index in [0.717, 1.165) is 11.0 Å². The molecule has 1 aliphatic rings. The SMILES string of the molecule is CC[N+]1(C)C=CC=CC1.N#C[N-]C#N. The first-order chi connectivity index (χ1) is 6.68. The third-order valence-corrected chi connectivity index (χ3v) is 2.04. The Bertz CT molecular complexity index is 280. The number of nitrogens with zero attached hydrogens (tertiary/aromatic N) is 4. The van der Waals surface area contributed by atoms with Crippen molar-refractivity contribution >= 4 is 0 Å². The van der Waals surface area contributed by atoms with E-state index in [1.54, 1.807) is 0 Å². The molecule has 0 saturated carbocycles. The molecule has 0 amide bonds. The van der Waals surface area contributed by atoms with E-state index in [1.807, 2.05) is 0 Å². The van der Waals surface area contributed by atoms with Gasteiger partial charge in [0.1, 0.15) is 6.54 Å². The lowest BCUT2D eigenvalue weighted by Crippen LogP contribution is -2.38. The van der Waals surface area contributed by atoms with Crippen LogP contribution in [0.4, 0.5) is 0 Å². The van der Waals surface area contributed by atoms with Crippen LogP contribution in [-0.4, -0.2) is 24.6 Å². The molecule has 74 valence electrons. The first-order valence-corrected chi connectivity index (χ1v) is 4.35. The van der Waals surface area contributed by atoms with Crippen LogP contribution in [0.5, 0.6) is 0 Å². The highest BCUT2D eigenvalue weighted by Crippen LogP contribution is 2.07. The molecular formula is C10H14N4. The Morgan fingerprint density at radius 1 is 1.36 bits per heavy atom. The van der Waals surface area contributed by atoms with Crippen molar-refractivity contribution < 1.29 is 4.48 Å². The van der Waals surface area contributed by atoms with Crippen LogP contribution in [0.15, 0.2) is 24.4 Å². The summed E-state index contributed by atoms with van der Waals surface area (Å²) in [5, 5.41) is 17.4. The number of allylic oxidation sites excluding steroid dienone is 2. The molecular weight excluding hydrogens is 176 g/mol. The van der Waals surface area contributed by atoms with Gasteiger partial charge in [0, 0.05) is 12.4 Å². The van der Waals surface area contributed by atoms with Crippen LogP contribution in [0.2, 0.25) is 0 Å². The first kappa shape index (κ1) is 12.2. The molecule has 0 spiro atoms. The zero-order valence-electron chi connectivity index (χ0n) is 8.51. The summed E-state index contributed by atoms with van der Waals surface area (Å²) in [5.74, 6) is 0. The van der Waals surface area contributed by atoms with Gasteiger partial charge in [-0.25, -0.2) is 0 Å². The van der Waals surface area contributed by atoms with E-state index in [0.29, 0.717) is 0 Å². The highest BCUT2D eigenvalue weighted by atomic mass is 15.3. The van der Waals surface area contributed by atoms with Crippen molar-refractivity contribution in [2.75, 3.05) is 20.1 Å². The molecule has 0 bridgehead atoms. The lowest BCUT2D eigenvalue weighted by atomic mass is 10.3. The fraction of sp³-hybridized carbons (Fsp3) is 0.400. The van der Waals surface area contributed by atoms with Crippen molar-refractivity contribution in [1.29, 1.82) is 10.5 Å². The van der Waals surface area contributed by atoms with Crippen LogP contribution in [-0.2, 0) is 0 Å². The smallest absolute Gasteiger partial charge is 0.102 e. The molecule has 0 aliphatic carbocycles. The van der Waals surface area contributed by atoms with E-state index in [2.05, 4.69) is 43.7 Å². The first-order valence-electron chi connectivity index (χ1n) is 4.35. The normalized spacial score (nSPS) is 22.6. The average molecular weight is 190 g/mol. The van der Waals surface area contributed by atoms with Gasteiger partial charge in [0.2, 0.25) is 0 Å². The van der Waals surface area contributed by atoms with Crippen molar-refractivity contribution in [1.82, 2.24) is 0 Å². The number of likely N-dealkylation sites (N-methyl/N-ethyl adjacent to an activating group) is 1. The van der Waals surface area contributed by atoms with Crippen LogP contribution in [0, 0.1) is 22.9 Å². The summed E-state index contributed by atoms with van der Waals surface area (Å²) < 4.78 is 1.05. The summed E-state index contributed by atoms with van der Waals surface area (Å²) >= 11 is 0. The lowest BCUT2D eigenvalue weighted by Gasteiger charge is -2.28. The predicted octanol–water partition coefficient (Wildman–Crippen LogP) is 1.86. The minimum Gasteiger partial charge on any atom is -0.385 e. The zero-order chi connectivity index (χ0) is 10.9. The fourth-order valence-corrected chi connectivity index (χ4v) is 0.955. The molecule has 1 unspecified atom stereocenters. The molecule has 1 rings (SSSR count). The van der Waals surface area contributed by atoms with Gasteiger partial charge in [-0.05, 0) is 19.1 Å².